The maximum absolute atomic E-state index is 12.6. The third-order valence-electron chi connectivity index (χ3n) is 3.11. The first-order chi connectivity index (χ1) is 10.2. The molecular formula is C16H19N3O2. The summed E-state index contributed by atoms with van der Waals surface area (Å²) in [4.78, 5) is 18.4. The van der Waals surface area contributed by atoms with Gasteiger partial charge in [-0.15, -0.1) is 0 Å². The second kappa shape index (κ2) is 7.40. The molecule has 0 aliphatic carbocycles. The quantitative estimate of drug-likeness (QED) is 0.881. The van der Waals surface area contributed by atoms with E-state index in [1.54, 1.807) is 30.3 Å². The number of nitrogen functional groups attached to an aromatic ring is 1. The number of benzene rings is 1. The average Bonchev–Trinajstić information content (AvgIpc) is 2.52. The van der Waals surface area contributed by atoms with Crippen molar-refractivity contribution in [3.05, 3.63) is 59.9 Å². The van der Waals surface area contributed by atoms with Crippen LogP contribution in [0.1, 0.15) is 16.1 Å². The molecule has 2 aromatic rings. The smallest absolute Gasteiger partial charge is 0.274 e. The van der Waals surface area contributed by atoms with E-state index in [1.165, 1.54) is 0 Å². The highest BCUT2D eigenvalue weighted by Crippen LogP contribution is 2.13. The second-order valence-corrected chi connectivity index (χ2v) is 4.65. The van der Waals surface area contributed by atoms with Crippen molar-refractivity contribution >= 4 is 11.6 Å². The Morgan fingerprint density at radius 3 is 2.67 bits per heavy atom. The number of carbonyl (C=O) groups excluding carboxylic acids is 1. The Balaban J connectivity index is 2.19. The number of hydrogen-bond donors (Lipinski definition) is 1. The summed E-state index contributed by atoms with van der Waals surface area (Å²) in [6.45, 7) is 1.45. The van der Waals surface area contributed by atoms with Gasteiger partial charge in [-0.2, -0.15) is 0 Å². The van der Waals surface area contributed by atoms with Crippen LogP contribution < -0.4 is 5.73 Å². The highest BCUT2D eigenvalue weighted by atomic mass is 16.5. The van der Waals surface area contributed by atoms with Crippen molar-refractivity contribution in [1.82, 2.24) is 9.88 Å². The van der Waals surface area contributed by atoms with Gasteiger partial charge in [0.2, 0.25) is 0 Å². The van der Waals surface area contributed by atoms with Gasteiger partial charge in [-0.25, -0.2) is 4.98 Å². The van der Waals surface area contributed by atoms with Gasteiger partial charge in [-0.3, -0.25) is 4.79 Å². The van der Waals surface area contributed by atoms with Gasteiger partial charge in [0.15, 0.2) is 5.69 Å². The van der Waals surface area contributed by atoms with Crippen LogP contribution >= 0.6 is 0 Å². The molecule has 0 aliphatic heterocycles. The molecule has 2 N–H and O–H groups in total. The molecule has 1 aromatic carbocycles. The Kier molecular flexibility index (Phi) is 5.29. The fourth-order valence-corrected chi connectivity index (χ4v) is 2.00. The lowest BCUT2D eigenvalue weighted by Crippen LogP contribution is -2.34. The molecule has 0 radical (unpaired) electrons. The summed E-state index contributed by atoms with van der Waals surface area (Å²) in [6, 6.07) is 13.2. The maximum Gasteiger partial charge on any atom is 0.274 e. The van der Waals surface area contributed by atoms with Crippen LogP contribution in [0.3, 0.4) is 0 Å². The van der Waals surface area contributed by atoms with Gasteiger partial charge in [0.25, 0.3) is 5.91 Å². The lowest BCUT2D eigenvalue weighted by atomic mass is 10.2. The number of amides is 1. The van der Waals surface area contributed by atoms with Crippen molar-refractivity contribution in [3.8, 4) is 0 Å². The van der Waals surface area contributed by atoms with Crippen molar-refractivity contribution in [2.24, 2.45) is 0 Å². The molecule has 1 heterocycles. The van der Waals surface area contributed by atoms with Crippen LogP contribution in [0, 0.1) is 0 Å². The molecule has 110 valence electrons. The zero-order valence-corrected chi connectivity index (χ0v) is 12.0. The van der Waals surface area contributed by atoms with E-state index in [2.05, 4.69) is 4.98 Å². The number of pyridine rings is 1. The van der Waals surface area contributed by atoms with Gasteiger partial charge >= 0.3 is 0 Å². The minimum Gasteiger partial charge on any atom is -0.397 e. The van der Waals surface area contributed by atoms with Crippen molar-refractivity contribution in [1.29, 1.82) is 0 Å². The number of ether oxygens (including phenoxy) is 1. The topological polar surface area (TPSA) is 68.5 Å². The third kappa shape index (κ3) is 4.03. The van der Waals surface area contributed by atoms with Gasteiger partial charge in [-0.1, -0.05) is 30.3 Å². The molecule has 0 saturated heterocycles. The van der Waals surface area contributed by atoms with Crippen LogP contribution in [-0.2, 0) is 11.3 Å². The van der Waals surface area contributed by atoms with Crippen LogP contribution in [0.5, 0.6) is 0 Å². The van der Waals surface area contributed by atoms with Gasteiger partial charge < -0.3 is 15.4 Å². The van der Waals surface area contributed by atoms with Crippen LogP contribution in [0.15, 0.2) is 48.7 Å². The van der Waals surface area contributed by atoms with E-state index >= 15 is 0 Å². The maximum atomic E-state index is 12.6. The Hall–Kier alpha value is -2.40. The van der Waals surface area contributed by atoms with Crippen LogP contribution in [0.25, 0.3) is 0 Å². The molecule has 21 heavy (non-hydrogen) atoms. The minimum atomic E-state index is -0.186. The summed E-state index contributed by atoms with van der Waals surface area (Å²) in [5, 5.41) is 0. The van der Waals surface area contributed by atoms with E-state index in [4.69, 9.17) is 10.5 Å². The number of nitrogens with two attached hydrogens (primary N) is 1. The first-order valence-corrected chi connectivity index (χ1v) is 6.75. The van der Waals surface area contributed by atoms with E-state index in [9.17, 15) is 4.79 Å². The molecule has 5 nitrogen and oxygen atoms in total. The normalized spacial score (nSPS) is 10.3. The van der Waals surface area contributed by atoms with E-state index in [1.807, 2.05) is 30.3 Å². The number of nitrogens with zero attached hydrogens (tertiary/aromatic N) is 2. The molecule has 0 saturated carbocycles. The van der Waals surface area contributed by atoms with Crippen molar-refractivity contribution in [2.75, 3.05) is 26.0 Å². The molecule has 0 unspecified atom stereocenters. The summed E-state index contributed by atoms with van der Waals surface area (Å²) in [7, 11) is 1.61. The summed E-state index contributed by atoms with van der Waals surface area (Å²) >= 11 is 0. The van der Waals surface area contributed by atoms with Crippen molar-refractivity contribution in [3.63, 3.8) is 0 Å². The molecule has 1 aromatic heterocycles. The number of methoxy groups -OCH3 is 1. The Bertz CT molecular complexity index is 587. The largest absolute Gasteiger partial charge is 0.397 e. The molecular weight excluding hydrogens is 266 g/mol. The predicted octanol–water partition coefficient (Wildman–Crippen LogP) is 1.95. The molecule has 0 aliphatic rings. The van der Waals surface area contributed by atoms with Gasteiger partial charge in [0.1, 0.15) is 0 Å². The first kappa shape index (κ1) is 15.0. The average molecular weight is 285 g/mol. The summed E-state index contributed by atoms with van der Waals surface area (Å²) in [5.41, 5.74) is 7.56. The molecule has 5 heteroatoms. The second-order valence-electron chi connectivity index (χ2n) is 4.65. The molecule has 0 atom stereocenters. The van der Waals surface area contributed by atoms with Gasteiger partial charge in [0, 0.05) is 26.4 Å². The zero-order chi connectivity index (χ0) is 15.1. The fraction of sp³-hybridized carbons (Fsp3) is 0.250. The summed E-state index contributed by atoms with van der Waals surface area (Å²) in [6.07, 6.45) is 1.57. The van der Waals surface area contributed by atoms with Crippen LogP contribution in [0.4, 0.5) is 5.69 Å². The standard InChI is InChI=1S/C16H19N3O2/c1-21-11-10-19(12-13-6-3-2-4-7-13)16(20)15-14(17)8-5-9-18-15/h2-9H,10-12,17H2,1H3. The number of carbonyl (C=O) groups is 1. The first-order valence-electron chi connectivity index (χ1n) is 6.75. The molecule has 2 rings (SSSR count). The van der Waals surface area contributed by atoms with Crippen LogP contribution in [-0.4, -0.2) is 36.1 Å². The number of anilines is 1. The summed E-state index contributed by atoms with van der Waals surface area (Å²) < 4.78 is 5.08. The number of hydrogen-bond acceptors (Lipinski definition) is 4. The lowest BCUT2D eigenvalue weighted by molar-refractivity contribution is 0.0676. The minimum absolute atomic E-state index is 0.186. The number of aromatic nitrogens is 1. The Morgan fingerprint density at radius 2 is 2.00 bits per heavy atom. The SMILES string of the molecule is COCCN(Cc1ccccc1)C(=O)c1ncccc1N. The number of rotatable bonds is 6. The molecule has 0 bridgehead atoms. The Labute approximate surface area is 124 Å². The van der Waals surface area contributed by atoms with E-state index in [-0.39, 0.29) is 11.6 Å². The van der Waals surface area contributed by atoms with E-state index < -0.39 is 0 Å². The molecule has 1 amide bonds. The van der Waals surface area contributed by atoms with E-state index in [0.717, 1.165) is 5.56 Å². The lowest BCUT2D eigenvalue weighted by Gasteiger charge is -2.22. The molecule has 0 spiro atoms. The predicted molar refractivity (Wildman–Crippen MR) is 81.7 cm³/mol. The fourth-order valence-electron chi connectivity index (χ4n) is 2.00. The summed E-state index contributed by atoms with van der Waals surface area (Å²) in [5.74, 6) is -0.186. The zero-order valence-electron chi connectivity index (χ0n) is 12.0. The highest BCUT2D eigenvalue weighted by Gasteiger charge is 2.19. The van der Waals surface area contributed by atoms with Crippen molar-refractivity contribution < 1.29 is 9.53 Å². The van der Waals surface area contributed by atoms with E-state index in [0.29, 0.717) is 25.4 Å². The monoisotopic (exact) mass is 285 g/mol. The van der Waals surface area contributed by atoms with Gasteiger partial charge in [0.05, 0.1) is 12.3 Å². The highest BCUT2D eigenvalue weighted by molar-refractivity contribution is 5.97. The van der Waals surface area contributed by atoms with Crippen LogP contribution in [0.2, 0.25) is 0 Å². The van der Waals surface area contributed by atoms with Gasteiger partial charge in [-0.05, 0) is 17.7 Å². The molecule has 0 fully saturated rings. The van der Waals surface area contributed by atoms with Crippen molar-refractivity contribution in [2.45, 2.75) is 6.54 Å². The Morgan fingerprint density at radius 1 is 1.24 bits per heavy atom. The third-order valence-corrected chi connectivity index (χ3v) is 3.11.